The van der Waals surface area contributed by atoms with Crippen LogP contribution in [0.1, 0.15) is 53.5 Å². The molecule has 0 aromatic carbocycles. The Bertz CT molecular complexity index is 741. The normalized spacial score (nSPS) is 15.8. The molecule has 0 bridgehead atoms. The summed E-state index contributed by atoms with van der Waals surface area (Å²) < 4.78 is 1.05. The predicted octanol–water partition coefficient (Wildman–Crippen LogP) is 3.99. The third-order valence-corrected chi connectivity index (χ3v) is 6.54. The lowest BCUT2D eigenvalue weighted by molar-refractivity contribution is -0.137. The molecule has 1 aliphatic rings. The van der Waals surface area contributed by atoms with Gasteiger partial charge in [0, 0.05) is 31.5 Å². The fraction of sp³-hybridized carbons (Fsp3) is 0.500. The van der Waals surface area contributed by atoms with E-state index in [2.05, 4.69) is 22.6 Å². The zero-order valence-corrected chi connectivity index (χ0v) is 15.3. The number of aliphatic hydroxyl groups is 1. The van der Waals surface area contributed by atoms with Crippen LogP contribution < -0.4 is 0 Å². The molecular formula is C16H18INO3S. The summed E-state index contributed by atoms with van der Waals surface area (Å²) in [5.41, 5.74) is 3.02. The van der Waals surface area contributed by atoms with Gasteiger partial charge in [-0.1, -0.05) is 0 Å². The second-order valence-corrected chi connectivity index (χ2v) is 7.93. The number of fused-ring (bicyclic) bond motifs is 3. The first-order valence-corrected chi connectivity index (χ1v) is 9.38. The van der Waals surface area contributed by atoms with E-state index in [1.807, 2.05) is 6.92 Å². The summed E-state index contributed by atoms with van der Waals surface area (Å²) in [6.45, 7) is 1.90. The fourth-order valence-electron chi connectivity index (χ4n) is 3.15. The van der Waals surface area contributed by atoms with Gasteiger partial charge in [-0.2, -0.15) is 0 Å². The number of carbonyl (C=O) groups is 1. The maximum absolute atomic E-state index is 10.7. The highest BCUT2D eigenvalue weighted by molar-refractivity contribution is 14.1. The van der Waals surface area contributed by atoms with Crippen molar-refractivity contribution in [3.63, 3.8) is 0 Å². The highest BCUT2D eigenvalue weighted by Crippen LogP contribution is 2.41. The molecule has 2 aromatic heterocycles. The van der Waals surface area contributed by atoms with Crippen LogP contribution in [-0.4, -0.2) is 21.2 Å². The van der Waals surface area contributed by atoms with Crippen LogP contribution >= 0.6 is 33.9 Å². The Hall–Kier alpha value is -0.730. The first-order valence-electron chi connectivity index (χ1n) is 7.49. The molecule has 1 unspecified atom stereocenters. The molecule has 2 N–H and O–H groups in total. The predicted molar refractivity (Wildman–Crippen MR) is 95.5 cm³/mol. The van der Waals surface area contributed by atoms with E-state index in [0.29, 0.717) is 0 Å². The van der Waals surface area contributed by atoms with Gasteiger partial charge in [-0.3, -0.25) is 4.79 Å². The minimum absolute atomic E-state index is 0.0313. The summed E-state index contributed by atoms with van der Waals surface area (Å²) in [5, 5.41) is 20.4. The van der Waals surface area contributed by atoms with Crippen molar-refractivity contribution in [3.05, 3.63) is 25.3 Å². The van der Waals surface area contributed by atoms with Crippen LogP contribution in [0.4, 0.5) is 0 Å². The average Bonchev–Trinajstić information content (AvgIpc) is 2.83. The number of aromatic nitrogens is 1. The smallest absolute Gasteiger partial charge is 0.303 e. The Labute approximate surface area is 146 Å². The van der Waals surface area contributed by atoms with Crippen molar-refractivity contribution >= 4 is 50.1 Å². The molecule has 0 radical (unpaired) electrons. The lowest BCUT2D eigenvalue weighted by Gasteiger charge is -2.16. The Morgan fingerprint density at radius 2 is 2.14 bits per heavy atom. The molecule has 0 aliphatic heterocycles. The van der Waals surface area contributed by atoms with Gasteiger partial charge in [0.25, 0.3) is 0 Å². The molecule has 1 aliphatic carbocycles. The monoisotopic (exact) mass is 431 g/mol. The molecule has 0 saturated carbocycles. The number of aryl methyl sites for hydroxylation is 3. The SMILES string of the molecule is Cc1nc2sc3c(c2c(I)c1C(O)CCC(=O)O)CCCC3. The lowest BCUT2D eigenvalue weighted by Crippen LogP contribution is -2.08. The molecule has 118 valence electrons. The number of pyridine rings is 1. The number of halogens is 1. The van der Waals surface area contributed by atoms with Crippen LogP contribution in [0.15, 0.2) is 0 Å². The molecule has 2 heterocycles. The molecule has 0 amide bonds. The van der Waals surface area contributed by atoms with Gasteiger partial charge in [0.1, 0.15) is 4.83 Å². The molecule has 6 heteroatoms. The first kappa shape index (κ1) is 16.1. The van der Waals surface area contributed by atoms with Gasteiger partial charge in [0.15, 0.2) is 0 Å². The number of hydrogen-bond donors (Lipinski definition) is 2. The Kier molecular flexibility index (Phi) is 4.70. The first-order chi connectivity index (χ1) is 10.5. The molecule has 4 nitrogen and oxygen atoms in total. The van der Waals surface area contributed by atoms with E-state index in [9.17, 15) is 9.90 Å². The number of carboxylic acid groups (broad SMARTS) is 1. The van der Waals surface area contributed by atoms with E-state index in [4.69, 9.17) is 10.1 Å². The van der Waals surface area contributed by atoms with Crippen LogP contribution in [0.2, 0.25) is 0 Å². The van der Waals surface area contributed by atoms with Crippen LogP contribution in [0.25, 0.3) is 10.2 Å². The van der Waals surface area contributed by atoms with E-state index in [0.717, 1.165) is 32.5 Å². The van der Waals surface area contributed by atoms with Gasteiger partial charge in [-0.05, 0) is 67.2 Å². The van der Waals surface area contributed by atoms with Gasteiger partial charge in [0.2, 0.25) is 0 Å². The number of hydrogen-bond acceptors (Lipinski definition) is 4. The fourth-order valence-corrected chi connectivity index (χ4v) is 5.99. The number of carboxylic acids is 1. The lowest BCUT2D eigenvalue weighted by atomic mass is 9.95. The summed E-state index contributed by atoms with van der Waals surface area (Å²) in [6, 6.07) is 0. The molecule has 3 rings (SSSR count). The molecular weight excluding hydrogens is 413 g/mol. The van der Waals surface area contributed by atoms with Crippen LogP contribution in [0, 0.1) is 10.5 Å². The minimum atomic E-state index is -0.881. The maximum atomic E-state index is 10.7. The molecule has 2 aromatic rings. The Morgan fingerprint density at radius 3 is 2.86 bits per heavy atom. The van der Waals surface area contributed by atoms with Gasteiger partial charge >= 0.3 is 5.97 Å². The van der Waals surface area contributed by atoms with Gasteiger partial charge < -0.3 is 10.2 Å². The summed E-state index contributed by atoms with van der Waals surface area (Å²) in [7, 11) is 0. The van der Waals surface area contributed by atoms with E-state index in [1.165, 1.54) is 28.7 Å². The maximum Gasteiger partial charge on any atom is 0.303 e. The zero-order chi connectivity index (χ0) is 15.9. The number of aliphatic hydroxyl groups excluding tert-OH is 1. The van der Waals surface area contributed by atoms with Crippen molar-refractivity contribution in [2.45, 2.75) is 51.6 Å². The molecule has 0 fully saturated rings. The largest absolute Gasteiger partial charge is 0.481 e. The van der Waals surface area contributed by atoms with E-state index in [1.54, 1.807) is 11.3 Å². The van der Waals surface area contributed by atoms with E-state index >= 15 is 0 Å². The second-order valence-electron chi connectivity index (χ2n) is 5.76. The molecule has 22 heavy (non-hydrogen) atoms. The van der Waals surface area contributed by atoms with Crippen molar-refractivity contribution in [3.8, 4) is 0 Å². The average molecular weight is 431 g/mol. The highest BCUT2D eigenvalue weighted by atomic mass is 127. The van der Waals surface area contributed by atoms with E-state index in [-0.39, 0.29) is 12.8 Å². The van der Waals surface area contributed by atoms with Crippen LogP contribution in [0.5, 0.6) is 0 Å². The van der Waals surface area contributed by atoms with E-state index < -0.39 is 12.1 Å². The second kappa shape index (κ2) is 6.41. The summed E-state index contributed by atoms with van der Waals surface area (Å²) in [5.74, 6) is -0.881. The number of rotatable bonds is 4. The Balaban J connectivity index is 2.08. The van der Waals surface area contributed by atoms with Crippen LogP contribution in [-0.2, 0) is 17.6 Å². The standard InChI is InChI=1S/C16H18INO3S/c1-8-13(10(19)6-7-12(20)21)15(17)14-9-4-2-3-5-11(9)22-16(14)18-8/h10,19H,2-7H2,1H3,(H,20,21). The topological polar surface area (TPSA) is 70.4 Å². The highest BCUT2D eigenvalue weighted by Gasteiger charge is 2.24. The molecule has 0 spiro atoms. The summed E-state index contributed by atoms with van der Waals surface area (Å²) in [4.78, 5) is 17.9. The van der Waals surface area contributed by atoms with Crippen LogP contribution in [0.3, 0.4) is 0 Å². The number of nitrogens with zero attached hydrogens (tertiary/aromatic N) is 1. The summed E-state index contributed by atoms with van der Waals surface area (Å²) >= 11 is 4.07. The summed E-state index contributed by atoms with van der Waals surface area (Å²) in [6.07, 6.45) is 4.09. The van der Waals surface area contributed by atoms with Crippen molar-refractivity contribution in [2.24, 2.45) is 0 Å². The number of thiophene rings is 1. The minimum Gasteiger partial charge on any atom is -0.481 e. The van der Waals surface area contributed by atoms with Crippen molar-refractivity contribution < 1.29 is 15.0 Å². The molecule has 1 atom stereocenters. The zero-order valence-electron chi connectivity index (χ0n) is 12.4. The van der Waals surface area contributed by atoms with Gasteiger partial charge in [-0.15, -0.1) is 11.3 Å². The van der Waals surface area contributed by atoms with Gasteiger partial charge in [-0.25, -0.2) is 4.98 Å². The third kappa shape index (κ3) is 2.88. The van der Waals surface area contributed by atoms with Crippen molar-refractivity contribution in [2.75, 3.05) is 0 Å². The third-order valence-electron chi connectivity index (χ3n) is 4.23. The van der Waals surface area contributed by atoms with Crippen molar-refractivity contribution in [1.29, 1.82) is 0 Å². The number of aliphatic carboxylic acids is 1. The quantitative estimate of drug-likeness (QED) is 0.719. The Morgan fingerprint density at radius 1 is 1.41 bits per heavy atom. The van der Waals surface area contributed by atoms with Crippen molar-refractivity contribution in [1.82, 2.24) is 4.98 Å². The molecule has 0 saturated heterocycles. The van der Waals surface area contributed by atoms with Gasteiger partial charge in [0.05, 0.1) is 6.10 Å².